The van der Waals surface area contributed by atoms with Crippen LogP contribution in [-0.2, 0) is 10.8 Å². The van der Waals surface area contributed by atoms with Gasteiger partial charge in [-0.15, -0.1) is 0 Å². The monoisotopic (exact) mass is 485 g/mol. The first-order valence-electron chi connectivity index (χ1n) is 12.0. The van der Waals surface area contributed by atoms with E-state index in [2.05, 4.69) is 27.2 Å². The van der Waals surface area contributed by atoms with Gasteiger partial charge in [-0.3, -0.25) is 4.21 Å². The number of benzene rings is 1. The van der Waals surface area contributed by atoms with Gasteiger partial charge in [0.15, 0.2) is 0 Å². The van der Waals surface area contributed by atoms with Crippen LogP contribution in [0.25, 0.3) is 0 Å². The molecule has 2 aliphatic carbocycles. The van der Waals surface area contributed by atoms with Crippen molar-refractivity contribution in [3.63, 3.8) is 0 Å². The summed E-state index contributed by atoms with van der Waals surface area (Å²) in [7, 11) is -1.04. The molecule has 2 saturated carbocycles. The summed E-state index contributed by atoms with van der Waals surface area (Å²) in [5.41, 5.74) is 1.90. The van der Waals surface area contributed by atoms with Gasteiger partial charge in [0.05, 0.1) is 28.6 Å². The quantitative estimate of drug-likeness (QED) is 0.673. The number of fused-ring (bicyclic) bond motifs is 4. The van der Waals surface area contributed by atoms with Crippen molar-refractivity contribution in [2.45, 2.75) is 47.3 Å². The van der Waals surface area contributed by atoms with E-state index in [0.29, 0.717) is 23.6 Å². The van der Waals surface area contributed by atoms with Crippen LogP contribution in [0.2, 0.25) is 5.02 Å². The molecule has 9 heteroatoms. The van der Waals surface area contributed by atoms with E-state index < -0.39 is 10.8 Å². The Balaban J connectivity index is 1.14. The van der Waals surface area contributed by atoms with Crippen LogP contribution in [-0.4, -0.2) is 62.9 Å². The van der Waals surface area contributed by atoms with Gasteiger partial charge in [0.2, 0.25) is 5.95 Å². The summed E-state index contributed by atoms with van der Waals surface area (Å²) in [5.74, 6) is 2.94. The van der Waals surface area contributed by atoms with E-state index >= 15 is 0 Å². The van der Waals surface area contributed by atoms with E-state index in [1.54, 1.807) is 0 Å². The molecule has 33 heavy (non-hydrogen) atoms. The molecule has 7 nitrogen and oxygen atoms in total. The third-order valence-corrected chi connectivity index (χ3v) is 10.5. The topological polar surface area (TPSA) is 81.6 Å². The van der Waals surface area contributed by atoms with Crippen molar-refractivity contribution in [3.8, 4) is 0 Å². The van der Waals surface area contributed by atoms with Gasteiger partial charge in [-0.25, -0.2) is 4.98 Å². The highest BCUT2D eigenvalue weighted by Crippen LogP contribution is 2.56. The number of aromatic nitrogens is 2. The molecule has 5 atom stereocenters. The molecule has 4 fully saturated rings. The van der Waals surface area contributed by atoms with E-state index in [1.807, 2.05) is 12.1 Å². The minimum atomic E-state index is -1.04. The second-order valence-electron chi connectivity index (χ2n) is 10.5. The Bertz CT molecular complexity index is 1120. The Hall–Kier alpha value is -1.90. The number of halogens is 1. The highest BCUT2D eigenvalue weighted by atomic mass is 35.5. The summed E-state index contributed by atoms with van der Waals surface area (Å²) in [6, 6.07) is 8.12. The molecule has 0 spiro atoms. The van der Waals surface area contributed by atoms with Gasteiger partial charge in [-0.2, -0.15) is 4.98 Å². The Morgan fingerprint density at radius 3 is 2.42 bits per heavy atom. The highest BCUT2D eigenvalue weighted by molar-refractivity contribution is 7.86. The molecular weight excluding hydrogens is 458 g/mol. The third kappa shape index (κ3) is 3.21. The molecule has 2 saturated heterocycles. The van der Waals surface area contributed by atoms with Crippen molar-refractivity contribution in [1.29, 1.82) is 0 Å². The van der Waals surface area contributed by atoms with Crippen LogP contribution in [0.15, 0.2) is 29.2 Å². The molecule has 2 N–H and O–H groups in total. The van der Waals surface area contributed by atoms with Crippen LogP contribution in [0.5, 0.6) is 0 Å². The smallest absolute Gasteiger partial charge is 0.227 e. The second kappa shape index (κ2) is 7.30. The van der Waals surface area contributed by atoms with Gasteiger partial charge < -0.3 is 20.2 Å². The maximum absolute atomic E-state index is 13.0. The third-order valence-electron chi connectivity index (χ3n) is 8.40. The zero-order valence-electron chi connectivity index (χ0n) is 18.4. The SMILES string of the molecule is O=[S@@]1c2c(NC3(CO)CCC3)nc(N3CC4CN(c5ccc(Cl)cc5)CC4C3)nc2C2CC21. The number of anilines is 3. The minimum absolute atomic E-state index is 0.0784. The van der Waals surface area contributed by atoms with Gasteiger partial charge >= 0.3 is 0 Å². The van der Waals surface area contributed by atoms with Crippen molar-refractivity contribution in [2.24, 2.45) is 11.8 Å². The summed E-state index contributed by atoms with van der Waals surface area (Å²) in [4.78, 5) is 15.5. The predicted molar refractivity (Wildman–Crippen MR) is 130 cm³/mol. The molecule has 4 unspecified atom stereocenters. The maximum atomic E-state index is 13.0. The molecule has 174 valence electrons. The van der Waals surface area contributed by atoms with Crippen molar-refractivity contribution in [2.75, 3.05) is 47.9 Å². The molecule has 4 heterocycles. The molecule has 0 bridgehead atoms. The molecule has 0 radical (unpaired) electrons. The Kier molecular flexibility index (Phi) is 4.53. The summed E-state index contributed by atoms with van der Waals surface area (Å²) in [5, 5.41) is 14.5. The second-order valence-corrected chi connectivity index (χ2v) is 12.5. The van der Waals surface area contributed by atoms with Crippen molar-refractivity contribution >= 4 is 39.9 Å². The average Bonchev–Trinajstić information content (AvgIpc) is 3.22. The summed E-state index contributed by atoms with van der Waals surface area (Å²) in [6.45, 7) is 4.02. The van der Waals surface area contributed by atoms with Gasteiger partial charge in [-0.1, -0.05) is 11.6 Å². The number of hydrogen-bond donors (Lipinski definition) is 2. The maximum Gasteiger partial charge on any atom is 0.227 e. The first-order chi connectivity index (χ1) is 16.0. The molecule has 3 aliphatic heterocycles. The van der Waals surface area contributed by atoms with Crippen molar-refractivity contribution in [3.05, 3.63) is 35.0 Å². The fourth-order valence-electron chi connectivity index (χ4n) is 6.18. The zero-order valence-corrected chi connectivity index (χ0v) is 20.0. The lowest BCUT2D eigenvalue weighted by Gasteiger charge is -2.41. The lowest BCUT2D eigenvalue weighted by molar-refractivity contribution is 0.143. The van der Waals surface area contributed by atoms with Gasteiger partial charge in [0.1, 0.15) is 10.7 Å². The number of hydrogen-bond acceptors (Lipinski definition) is 7. The van der Waals surface area contributed by atoms with E-state index in [-0.39, 0.29) is 17.4 Å². The number of aliphatic hydroxyl groups excluding tert-OH is 1. The van der Waals surface area contributed by atoms with E-state index in [0.717, 1.165) is 73.4 Å². The van der Waals surface area contributed by atoms with Gasteiger partial charge in [0.25, 0.3) is 0 Å². The van der Waals surface area contributed by atoms with Crippen LogP contribution >= 0.6 is 11.6 Å². The Morgan fingerprint density at radius 2 is 1.79 bits per heavy atom. The van der Waals surface area contributed by atoms with Gasteiger partial charge in [-0.05, 0) is 49.9 Å². The number of nitrogens with zero attached hydrogens (tertiary/aromatic N) is 4. The zero-order chi connectivity index (χ0) is 22.3. The molecular formula is C24H28ClN5O2S. The van der Waals surface area contributed by atoms with Crippen LogP contribution in [0.1, 0.15) is 37.3 Å². The highest BCUT2D eigenvalue weighted by Gasteiger charge is 2.55. The molecule has 2 aromatic rings. The van der Waals surface area contributed by atoms with Crippen LogP contribution < -0.4 is 15.1 Å². The predicted octanol–water partition coefficient (Wildman–Crippen LogP) is 3.01. The lowest BCUT2D eigenvalue weighted by atomic mass is 9.77. The van der Waals surface area contributed by atoms with Crippen molar-refractivity contribution < 1.29 is 9.32 Å². The minimum Gasteiger partial charge on any atom is -0.394 e. The van der Waals surface area contributed by atoms with E-state index in [1.165, 1.54) is 5.69 Å². The van der Waals surface area contributed by atoms with E-state index in [4.69, 9.17) is 21.6 Å². The van der Waals surface area contributed by atoms with Crippen molar-refractivity contribution in [1.82, 2.24) is 9.97 Å². The molecule has 0 amide bonds. The standard InChI is InChI=1S/C24H28ClN5O2S/c25-16-2-4-17(5-3-16)29-9-14-11-30(12-15(14)10-29)23-26-20-18-8-19(18)33(32)21(20)22(27-23)28-24(13-31)6-1-7-24/h2-5,14-15,18-19,31H,1,6-13H2,(H,26,27,28)/t14?,15?,18?,19?,33-/m0/s1. The summed E-state index contributed by atoms with van der Waals surface area (Å²) < 4.78 is 13.0. The van der Waals surface area contributed by atoms with E-state index in [9.17, 15) is 9.32 Å². The molecule has 7 rings (SSSR count). The average molecular weight is 486 g/mol. The van der Waals surface area contributed by atoms with Gasteiger partial charge in [0, 0.05) is 59.9 Å². The first kappa shape index (κ1) is 20.5. The summed E-state index contributed by atoms with van der Waals surface area (Å²) >= 11 is 6.06. The summed E-state index contributed by atoms with van der Waals surface area (Å²) in [6.07, 6.45) is 3.92. The molecule has 1 aromatic heterocycles. The largest absolute Gasteiger partial charge is 0.394 e. The molecule has 5 aliphatic rings. The fraction of sp³-hybridized carbons (Fsp3) is 0.583. The normalized spacial score (nSPS) is 32.8. The number of rotatable bonds is 5. The van der Waals surface area contributed by atoms with Crippen LogP contribution in [0.3, 0.4) is 0 Å². The number of aliphatic hydroxyl groups is 1. The molecule has 1 aromatic carbocycles. The van der Waals surface area contributed by atoms with Crippen LogP contribution in [0.4, 0.5) is 17.5 Å². The van der Waals surface area contributed by atoms with Crippen LogP contribution in [0, 0.1) is 11.8 Å². The first-order valence-corrected chi connectivity index (χ1v) is 13.6. The Labute approximate surface area is 201 Å². The fourth-order valence-corrected chi connectivity index (χ4v) is 8.10. The lowest BCUT2D eigenvalue weighted by Crippen LogP contribution is -2.48. The number of nitrogens with one attached hydrogen (secondary N) is 1. The Morgan fingerprint density at radius 1 is 1.09 bits per heavy atom.